The van der Waals surface area contributed by atoms with Gasteiger partial charge < -0.3 is 15.4 Å². The first kappa shape index (κ1) is 14.5. The zero-order valence-corrected chi connectivity index (χ0v) is 11.4. The van der Waals surface area contributed by atoms with Gasteiger partial charge in [0.1, 0.15) is 6.04 Å². The van der Waals surface area contributed by atoms with Gasteiger partial charge in [0, 0.05) is 6.54 Å². The van der Waals surface area contributed by atoms with Gasteiger partial charge in [-0.3, -0.25) is 4.79 Å². The standard InChI is InChI=1S/C13H26N2O2/c1-4-13(5-2)6-8-15(9-7-13)10-11(14)12(16)17-3/h11H,4-10,14H2,1-3H3. The number of nitrogens with two attached hydrogens (primary N) is 1. The second-order valence-electron chi connectivity index (χ2n) is 5.14. The van der Waals surface area contributed by atoms with Gasteiger partial charge >= 0.3 is 5.97 Å². The molecule has 1 aliphatic heterocycles. The lowest BCUT2D eigenvalue weighted by Gasteiger charge is -2.41. The van der Waals surface area contributed by atoms with E-state index in [2.05, 4.69) is 23.5 Å². The fraction of sp³-hybridized carbons (Fsp3) is 0.923. The fourth-order valence-electron chi connectivity index (χ4n) is 2.67. The maximum Gasteiger partial charge on any atom is 0.323 e. The molecule has 1 fully saturated rings. The number of likely N-dealkylation sites (tertiary alicyclic amines) is 1. The van der Waals surface area contributed by atoms with Crippen LogP contribution in [-0.2, 0) is 9.53 Å². The number of hydrogen-bond donors (Lipinski definition) is 1. The number of esters is 1. The highest BCUT2D eigenvalue weighted by atomic mass is 16.5. The van der Waals surface area contributed by atoms with Crippen molar-refractivity contribution in [2.75, 3.05) is 26.7 Å². The Hall–Kier alpha value is -0.610. The molecule has 1 heterocycles. The second-order valence-corrected chi connectivity index (χ2v) is 5.14. The van der Waals surface area contributed by atoms with E-state index in [-0.39, 0.29) is 5.97 Å². The van der Waals surface area contributed by atoms with Gasteiger partial charge in [0.05, 0.1) is 7.11 Å². The van der Waals surface area contributed by atoms with Crippen molar-refractivity contribution < 1.29 is 9.53 Å². The molecule has 1 aliphatic rings. The molecule has 1 rings (SSSR count). The number of hydrogen-bond acceptors (Lipinski definition) is 4. The molecule has 100 valence electrons. The maximum atomic E-state index is 11.3. The van der Waals surface area contributed by atoms with E-state index in [0.29, 0.717) is 12.0 Å². The summed E-state index contributed by atoms with van der Waals surface area (Å²) in [6.07, 6.45) is 4.93. The molecule has 1 unspecified atom stereocenters. The predicted octanol–water partition coefficient (Wildman–Crippen LogP) is 1.39. The van der Waals surface area contributed by atoms with Crippen molar-refractivity contribution in [3.63, 3.8) is 0 Å². The summed E-state index contributed by atoms with van der Waals surface area (Å²) in [6, 6.07) is -0.504. The summed E-state index contributed by atoms with van der Waals surface area (Å²) in [7, 11) is 1.39. The highest BCUT2D eigenvalue weighted by Crippen LogP contribution is 2.37. The van der Waals surface area contributed by atoms with Crippen molar-refractivity contribution in [1.29, 1.82) is 0 Å². The quantitative estimate of drug-likeness (QED) is 0.740. The molecule has 0 bridgehead atoms. The number of piperidine rings is 1. The van der Waals surface area contributed by atoms with Gasteiger partial charge in [0.15, 0.2) is 0 Å². The molecule has 4 heteroatoms. The number of carbonyl (C=O) groups excluding carboxylic acids is 1. The minimum Gasteiger partial charge on any atom is -0.468 e. The van der Waals surface area contributed by atoms with Crippen LogP contribution in [-0.4, -0.2) is 43.7 Å². The number of methoxy groups -OCH3 is 1. The van der Waals surface area contributed by atoms with Gasteiger partial charge in [-0.1, -0.05) is 26.7 Å². The lowest BCUT2D eigenvalue weighted by atomic mass is 9.74. The molecule has 0 radical (unpaired) electrons. The van der Waals surface area contributed by atoms with Gasteiger partial charge in [-0.2, -0.15) is 0 Å². The third-order valence-corrected chi connectivity index (χ3v) is 4.38. The molecule has 0 aliphatic carbocycles. The molecule has 2 N–H and O–H groups in total. The number of nitrogens with zero attached hydrogens (tertiary/aromatic N) is 1. The van der Waals surface area contributed by atoms with Crippen LogP contribution in [0.15, 0.2) is 0 Å². The first-order valence-corrected chi connectivity index (χ1v) is 6.62. The van der Waals surface area contributed by atoms with E-state index in [4.69, 9.17) is 5.73 Å². The largest absolute Gasteiger partial charge is 0.468 e. The third kappa shape index (κ3) is 3.68. The highest BCUT2D eigenvalue weighted by molar-refractivity contribution is 5.75. The third-order valence-electron chi connectivity index (χ3n) is 4.38. The van der Waals surface area contributed by atoms with Crippen molar-refractivity contribution in [2.24, 2.45) is 11.1 Å². The minimum atomic E-state index is -0.504. The van der Waals surface area contributed by atoms with Crippen LogP contribution in [0.5, 0.6) is 0 Å². The van der Waals surface area contributed by atoms with Crippen molar-refractivity contribution in [3.8, 4) is 0 Å². The van der Waals surface area contributed by atoms with Crippen molar-refractivity contribution in [2.45, 2.75) is 45.6 Å². The van der Waals surface area contributed by atoms with Crippen LogP contribution in [0.1, 0.15) is 39.5 Å². The van der Waals surface area contributed by atoms with E-state index in [9.17, 15) is 4.79 Å². The molecule has 0 amide bonds. The average molecular weight is 242 g/mol. The molecule has 1 atom stereocenters. The lowest BCUT2D eigenvalue weighted by molar-refractivity contribution is -0.142. The summed E-state index contributed by atoms with van der Waals surface area (Å²) in [4.78, 5) is 13.5. The summed E-state index contributed by atoms with van der Waals surface area (Å²) in [5.41, 5.74) is 6.29. The van der Waals surface area contributed by atoms with E-state index >= 15 is 0 Å². The zero-order chi connectivity index (χ0) is 12.9. The summed E-state index contributed by atoms with van der Waals surface area (Å²) >= 11 is 0. The minimum absolute atomic E-state index is 0.312. The molecule has 0 aromatic rings. The lowest BCUT2D eigenvalue weighted by Crippen LogP contribution is -2.47. The smallest absolute Gasteiger partial charge is 0.323 e. The molecule has 0 saturated carbocycles. The maximum absolute atomic E-state index is 11.3. The van der Waals surface area contributed by atoms with Gasteiger partial charge in [-0.15, -0.1) is 0 Å². The van der Waals surface area contributed by atoms with E-state index in [1.165, 1.54) is 32.8 Å². The van der Waals surface area contributed by atoms with Crippen LogP contribution >= 0.6 is 0 Å². The Kier molecular flexibility index (Phi) is 5.40. The molecule has 17 heavy (non-hydrogen) atoms. The SMILES string of the molecule is CCC1(CC)CCN(CC(N)C(=O)OC)CC1. The molecule has 4 nitrogen and oxygen atoms in total. The number of carbonyl (C=O) groups is 1. The van der Waals surface area contributed by atoms with Crippen LogP contribution in [0.3, 0.4) is 0 Å². The van der Waals surface area contributed by atoms with Crippen LogP contribution in [0.2, 0.25) is 0 Å². The first-order valence-electron chi connectivity index (χ1n) is 6.62. The fourth-order valence-corrected chi connectivity index (χ4v) is 2.67. The van der Waals surface area contributed by atoms with Crippen molar-refractivity contribution >= 4 is 5.97 Å². The normalized spacial score (nSPS) is 22.1. The van der Waals surface area contributed by atoms with Gasteiger partial charge in [-0.05, 0) is 31.3 Å². The Morgan fingerprint density at radius 3 is 2.29 bits per heavy atom. The van der Waals surface area contributed by atoms with Crippen molar-refractivity contribution in [3.05, 3.63) is 0 Å². The molecular formula is C13H26N2O2. The van der Waals surface area contributed by atoms with Crippen molar-refractivity contribution in [1.82, 2.24) is 4.90 Å². The van der Waals surface area contributed by atoms with Crippen LogP contribution < -0.4 is 5.73 Å². The van der Waals surface area contributed by atoms with Gasteiger partial charge in [-0.25, -0.2) is 0 Å². The highest BCUT2D eigenvalue weighted by Gasteiger charge is 2.32. The van der Waals surface area contributed by atoms with Gasteiger partial charge in [0.2, 0.25) is 0 Å². The van der Waals surface area contributed by atoms with Crippen LogP contribution in [0.4, 0.5) is 0 Å². The summed E-state index contributed by atoms with van der Waals surface area (Å²) in [5.74, 6) is -0.312. The summed E-state index contributed by atoms with van der Waals surface area (Å²) < 4.78 is 4.65. The molecule has 0 aromatic heterocycles. The number of ether oxygens (including phenoxy) is 1. The van der Waals surface area contributed by atoms with E-state index in [0.717, 1.165) is 13.1 Å². The topological polar surface area (TPSA) is 55.6 Å². The Balaban J connectivity index is 2.39. The molecule has 0 aromatic carbocycles. The Morgan fingerprint density at radius 2 is 1.88 bits per heavy atom. The second kappa shape index (κ2) is 6.36. The number of rotatable bonds is 5. The molecule has 0 spiro atoms. The van der Waals surface area contributed by atoms with Gasteiger partial charge in [0.25, 0.3) is 0 Å². The monoisotopic (exact) mass is 242 g/mol. The Labute approximate surface area is 104 Å². The van der Waals surface area contributed by atoms with Crippen LogP contribution in [0, 0.1) is 5.41 Å². The Bertz CT molecular complexity index is 242. The summed E-state index contributed by atoms with van der Waals surface area (Å²) in [6.45, 7) is 7.27. The van der Waals surface area contributed by atoms with Crippen LogP contribution in [0.25, 0.3) is 0 Å². The van der Waals surface area contributed by atoms with E-state index < -0.39 is 6.04 Å². The predicted molar refractivity (Wildman–Crippen MR) is 68.7 cm³/mol. The average Bonchev–Trinajstić information content (AvgIpc) is 2.39. The zero-order valence-electron chi connectivity index (χ0n) is 11.4. The Morgan fingerprint density at radius 1 is 1.35 bits per heavy atom. The molecule has 1 saturated heterocycles. The van der Waals surface area contributed by atoms with E-state index in [1.807, 2.05) is 0 Å². The van der Waals surface area contributed by atoms with E-state index in [1.54, 1.807) is 0 Å². The molecular weight excluding hydrogens is 216 g/mol. The summed E-state index contributed by atoms with van der Waals surface area (Å²) in [5, 5.41) is 0. The first-order chi connectivity index (χ1) is 8.06.